The number of carbonyl (C=O) groups is 2. The maximum Gasteiger partial charge on any atom is 0.335 e. The van der Waals surface area contributed by atoms with Crippen molar-refractivity contribution in [3.05, 3.63) is 29.8 Å². The van der Waals surface area contributed by atoms with E-state index in [1.54, 1.807) is 17.0 Å². The number of nitrogens with zero attached hydrogens (tertiary/aromatic N) is 1. The molecule has 108 valence electrons. The van der Waals surface area contributed by atoms with Gasteiger partial charge in [0.1, 0.15) is 6.10 Å². The van der Waals surface area contributed by atoms with Crippen LogP contribution in [0.1, 0.15) is 37.0 Å². The first-order chi connectivity index (χ1) is 9.52. The zero-order chi connectivity index (χ0) is 14.7. The third kappa shape index (κ3) is 2.99. The number of hydrogen-bond acceptors (Lipinski definition) is 3. The molecule has 2 unspecified atom stereocenters. The Balaban J connectivity index is 2.13. The van der Waals surface area contributed by atoms with Gasteiger partial charge in [0.15, 0.2) is 0 Å². The van der Waals surface area contributed by atoms with Crippen LogP contribution in [-0.4, -0.2) is 35.7 Å². The lowest BCUT2D eigenvalue weighted by molar-refractivity contribution is -0.130. The number of carboxylic acid groups (broad SMARTS) is 1. The first-order valence-electron chi connectivity index (χ1n) is 6.83. The molecule has 1 aromatic carbocycles. The number of ether oxygens (including phenoxy) is 1. The second-order valence-electron chi connectivity index (χ2n) is 4.98. The van der Waals surface area contributed by atoms with Crippen LogP contribution in [0.5, 0.6) is 0 Å². The first-order valence-corrected chi connectivity index (χ1v) is 6.83. The van der Waals surface area contributed by atoms with Gasteiger partial charge in [-0.05, 0) is 31.5 Å². The van der Waals surface area contributed by atoms with Crippen LogP contribution in [0.25, 0.3) is 0 Å². The largest absolute Gasteiger partial charge is 0.478 e. The second kappa shape index (κ2) is 6.05. The van der Waals surface area contributed by atoms with E-state index in [-0.39, 0.29) is 17.6 Å². The van der Waals surface area contributed by atoms with Gasteiger partial charge in [0.25, 0.3) is 5.91 Å². The normalized spacial score (nSPS) is 20.2. The average Bonchev–Trinajstić information content (AvgIpc) is 2.80. The highest BCUT2D eigenvalue weighted by Crippen LogP contribution is 2.25. The Morgan fingerprint density at radius 2 is 2.30 bits per heavy atom. The van der Waals surface area contributed by atoms with Crippen LogP contribution in [0.4, 0.5) is 5.69 Å². The van der Waals surface area contributed by atoms with Gasteiger partial charge in [-0.2, -0.15) is 0 Å². The molecule has 2 atom stereocenters. The van der Waals surface area contributed by atoms with Crippen LogP contribution >= 0.6 is 0 Å². The number of carboxylic acids is 1. The predicted molar refractivity (Wildman–Crippen MR) is 75.0 cm³/mol. The van der Waals surface area contributed by atoms with E-state index in [1.165, 1.54) is 12.1 Å². The van der Waals surface area contributed by atoms with Crippen LogP contribution < -0.4 is 4.90 Å². The smallest absolute Gasteiger partial charge is 0.335 e. The molecular weight excluding hydrogens is 258 g/mol. The van der Waals surface area contributed by atoms with Crippen molar-refractivity contribution in [1.82, 2.24) is 0 Å². The fraction of sp³-hybridized carbons (Fsp3) is 0.467. The van der Waals surface area contributed by atoms with Crippen LogP contribution in [0.2, 0.25) is 0 Å². The lowest BCUT2D eigenvalue weighted by atomic mass is 10.2. The van der Waals surface area contributed by atoms with E-state index < -0.39 is 12.1 Å². The van der Waals surface area contributed by atoms with Crippen LogP contribution in [-0.2, 0) is 9.53 Å². The summed E-state index contributed by atoms with van der Waals surface area (Å²) >= 11 is 0. The number of benzene rings is 1. The molecule has 0 spiro atoms. The van der Waals surface area contributed by atoms with Crippen LogP contribution in [0, 0.1) is 0 Å². The van der Waals surface area contributed by atoms with E-state index in [4.69, 9.17) is 9.84 Å². The molecule has 0 bridgehead atoms. The van der Waals surface area contributed by atoms with Crippen molar-refractivity contribution < 1.29 is 19.4 Å². The molecule has 1 aliphatic heterocycles. The molecule has 5 heteroatoms. The summed E-state index contributed by atoms with van der Waals surface area (Å²) < 4.78 is 5.69. The molecule has 0 aromatic heterocycles. The number of amides is 1. The van der Waals surface area contributed by atoms with Crippen molar-refractivity contribution in [2.75, 3.05) is 11.4 Å². The lowest BCUT2D eigenvalue weighted by Gasteiger charge is -2.19. The molecular formula is C15H19NO4. The maximum atomic E-state index is 12.3. The number of rotatable bonds is 5. The molecule has 1 aromatic rings. The minimum Gasteiger partial charge on any atom is -0.478 e. The summed E-state index contributed by atoms with van der Waals surface area (Å²) in [7, 11) is 0. The Hall–Kier alpha value is -1.88. The highest BCUT2D eigenvalue weighted by atomic mass is 16.5. The summed E-state index contributed by atoms with van der Waals surface area (Å²) in [6.07, 6.45) is 1.13. The first kappa shape index (κ1) is 14.5. The molecule has 0 aliphatic carbocycles. The molecule has 0 saturated carbocycles. The average molecular weight is 277 g/mol. The molecule has 1 fully saturated rings. The quantitative estimate of drug-likeness (QED) is 0.896. The Morgan fingerprint density at radius 3 is 2.95 bits per heavy atom. The summed E-state index contributed by atoms with van der Waals surface area (Å²) in [4.78, 5) is 24.9. The second-order valence-corrected chi connectivity index (χ2v) is 4.98. The van der Waals surface area contributed by atoms with E-state index in [2.05, 4.69) is 0 Å². The summed E-state index contributed by atoms with van der Waals surface area (Å²) in [5.74, 6) is -1.08. The zero-order valence-corrected chi connectivity index (χ0v) is 11.7. The van der Waals surface area contributed by atoms with Gasteiger partial charge in [-0.25, -0.2) is 4.79 Å². The molecule has 5 nitrogen and oxygen atoms in total. The Kier molecular flexibility index (Phi) is 4.39. The van der Waals surface area contributed by atoms with Gasteiger partial charge in [0, 0.05) is 18.7 Å². The molecule has 1 saturated heterocycles. The number of hydrogen-bond donors (Lipinski definition) is 1. The molecule has 0 radical (unpaired) electrons. The fourth-order valence-corrected chi connectivity index (χ4v) is 2.22. The number of anilines is 1. The van der Waals surface area contributed by atoms with Crippen molar-refractivity contribution in [3.8, 4) is 0 Å². The standard InChI is InChI=1S/C15H19NO4/c1-3-10(2)20-13-7-8-16(14(13)17)12-6-4-5-11(9-12)15(18)19/h4-6,9-10,13H,3,7-8H2,1-2H3,(H,18,19). The minimum atomic E-state index is -0.995. The van der Waals surface area contributed by atoms with Crippen molar-refractivity contribution >= 4 is 17.6 Å². The van der Waals surface area contributed by atoms with Gasteiger partial charge in [0.2, 0.25) is 0 Å². The highest BCUT2D eigenvalue weighted by Gasteiger charge is 2.34. The molecule has 2 rings (SSSR count). The van der Waals surface area contributed by atoms with E-state index in [1.807, 2.05) is 13.8 Å². The van der Waals surface area contributed by atoms with Gasteiger partial charge < -0.3 is 14.7 Å². The number of aromatic carboxylic acids is 1. The zero-order valence-electron chi connectivity index (χ0n) is 11.7. The van der Waals surface area contributed by atoms with Crippen molar-refractivity contribution in [2.45, 2.75) is 38.9 Å². The van der Waals surface area contributed by atoms with E-state index in [9.17, 15) is 9.59 Å². The lowest BCUT2D eigenvalue weighted by Crippen LogP contribution is -2.32. The van der Waals surface area contributed by atoms with E-state index in [0.29, 0.717) is 18.7 Å². The Morgan fingerprint density at radius 1 is 1.55 bits per heavy atom. The number of carbonyl (C=O) groups excluding carboxylic acids is 1. The molecule has 1 N–H and O–H groups in total. The highest BCUT2D eigenvalue weighted by molar-refractivity contribution is 6.00. The van der Waals surface area contributed by atoms with Crippen LogP contribution in [0.3, 0.4) is 0 Å². The van der Waals surface area contributed by atoms with Gasteiger partial charge >= 0.3 is 5.97 Å². The van der Waals surface area contributed by atoms with Crippen molar-refractivity contribution in [1.29, 1.82) is 0 Å². The molecule has 1 amide bonds. The van der Waals surface area contributed by atoms with Gasteiger partial charge in [0.05, 0.1) is 11.7 Å². The van der Waals surface area contributed by atoms with E-state index >= 15 is 0 Å². The molecule has 20 heavy (non-hydrogen) atoms. The van der Waals surface area contributed by atoms with E-state index in [0.717, 1.165) is 6.42 Å². The van der Waals surface area contributed by atoms with Crippen molar-refractivity contribution in [3.63, 3.8) is 0 Å². The third-order valence-corrected chi connectivity index (χ3v) is 3.53. The minimum absolute atomic E-state index is 0.0502. The third-order valence-electron chi connectivity index (χ3n) is 3.53. The van der Waals surface area contributed by atoms with Gasteiger partial charge in [-0.1, -0.05) is 13.0 Å². The summed E-state index contributed by atoms with van der Waals surface area (Å²) in [5.41, 5.74) is 0.798. The SMILES string of the molecule is CCC(C)OC1CCN(c2cccc(C(=O)O)c2)C1=O. The fourth-order valence-electron chi connectivity index (χ4n) is 2.22. The van der Waals surface area contributed by atoms with Gasteiger partial charge in [-0.15, -0.1) is 0 Å². The topological polar surface area (TPSA) is 66.8 Å². The summed E-state index contributed by atoms with van der Waals surface area (Å²) in [5, 5.41) is 8.99. The Bertz CT molecular complexity index is 514. The summed E-state index contributed by atoms with van der Waals surface area (Å²) in [6, 6.07) is 6.43. The molecule has 1 heterocycles. The Labute approximate surface area is 118 Å². The maximum absolute atomic E-state index is 12.3. The summed E-state index contributed by atoms with van der Waals surface area (Å²) in [6.45, 7) is 4.52. The predicted octanol–water partition coefficient (Wildman–Crippen LogP) is 2.31. The van der Waals surface area contributed by atoms with Gasteiger partial charge in [-0.3, -0.25) is 4.79 Å². The van der Waals surface area contributed by atoms with Crippen LogP contribution in [0.15, 0.2) is 24.3 Å². The van der Waals surface area contributed by atoms with Crippen molar-refractivity contribution in [2.24, 2.45) is 0 Å². The monoisotopic (exact) mass is 277 g/mol. The molecule has 1 aliphatic rings.